The van der Waals surface area contributed by atoms with Gasteiger partial charge in [-0.2, -0.15) is 0 Å². The van der Waals surface area contributed by atoms with Crippen LogP contribution in [0.5, 0.6) is 0 Å². The Bertz CT molecular complexity index is 545. The zero-order valence-corrected chi connectivity index (χ0v) is 12.6. The highest BCUT2D eigenvalue weighted by Gasteiger charge is 2.30. The van der Waals surface area contributed by atoms with Crippen LogP contribution in [0, 0.1) is 0 Å². The average molecular weight is 335 g/mol. The Hall–Kier alpha value is -0.820. The molecule has 1 heterocycles. The second-order valence-electron chi connectivity index (χ2n) is 3.79. The lowest BCUT2D eigenvalue weighted by atomic mass is 10.2. The molecule has 4 nitrogen and oxygen atoms in total. The Morgan fingerprint density at radius 1 is 1.37 bits per heavy atom. The number of thioether (sulfide) groups is 1. The number of thiocarbonyl (C=S) groups is 1. The Morgan fingerprint density at radius 2 is 2.00 bits per heavy atom. The van der Waals surface area contributed by atoms with Gasteiger partial charge in [0.25, 0.3) is 0 Å². The van der Waals surface area contributed by atoms with Gasteiger partial charge in [-0.3, -0.25) is 9.59 Å². The Labute approximate surface area is 129 Å². The highest BCUT2D eigenvalue weighted by Crippen LogP contribution is 2.25. The van der Waals surface area contributed by atoms with Gasteiger partial charge in [0.05, 0.1) is 5.25 Å². The van der Waals surface area contributed by atoms with Crippen LogP contribution in [-0.4, -0.2) is 21.4 Å². The van der Waals surface area contributed by atoms with Crippen molar-refractivity contribution in [3.8, 4) is 0 Å². The Morgan fingerprint density at radius 3 is 2.53 bits per heavy atom. The van der Waals surface area contributed by atoms with Crippen molar-refractivity contribution in [2.75, 3.05) is 5.32 Å². The van der Waals surface area contributed by atoms with Crippen LogP contribution >= 0.6 is 47.2 Å². The van der Waals surface area contributed by atoms with Crippen molar-refractivity contribution < 1.29 is 9.59 Å². The van der Waals surface area contributed by atoms with Gasteiger partial charge < -0.3 is 10.6 Å². The molecule has 0 bridgehead atoms. The van der Waals surface area contributed by atoms with Gasteiger partial charge in [-0.05, 0) is 18.2 Å². The molecule has 1 fully saturated rings. The molecule has 1 atom stereocenters. The molecule has 0 saturated carbocycles. The van der Waals surface area contributed by atoms with Crippen LogP contribution in [0.2, 0.25) is 10.0 Å². The van der Waals surface area contributed by atoms with Gasteiger partial charge >= 0.3 is 0 Å². The third kappa shape index (κ3) is 4.07. The molecule has 0 unspecified atom stereocenters. The van der Waals surface area contributed by atoms with Crippen molar-refractivity contribution in [3.63, 3.8) is 0 Å². The molecule has 1 aromatic carbocycles. The second-order valence-corrected chi connectivity index (χ2v) is 6.55. The van der Waals surface area contributed by atoms with E-state index in [2.05, 4.69) is 10.6 Å². The molecule has 0 aromatic heterocycles. The Kier molecular flexibility index (Phi) is 4.67. The number of hydrogen-bond donors (Lipinski definition) is 2. The van der Waals surface area contributed by atoms with Gasteiger partial charge in [-0.25, -0.2) is 0 Å². The summed E-state index contributed by atoms with van der Waals surface area (Å²) in [7, 11) is 0. The van der Waals surface area contributed by atoms with E-state index in [0.29, 0.717) is 20.1 Å². The summed E-state index contributed by atoms with van der Waals surface area (Å²) in [4.78, 5) is 23.2. The fourth-order valence-corrected chi connectivity index (χ4v) is 3.33. The van der Waals surface area contributed by atoms with Crippen LogP contribution in [0.3, 0.4) is 0 Å². The van der Waals surface area contributed by atoms with Crippen molar-refractivity contribution in [1.29, 1.82) is 0 Å². The van der Waals surface area contributed by atoms with Gasteiger partial charge in [-0.1, -0.05) is 47.2 Å². The second kappa shape index (κ2) is 6.09. The van der Waals surface area contributed by atoms with E-state index in [1.807, 2.05) is 0 Å². The molecule has 8 heteroatoms. The van der Waals surface area contributed by atoms with E-state index in [9.17, 15) is 9.59 Å². The van der Waals surface area contributed by atoms with Crippen molar-refractivity contribution >= 4 is 69.0 Å². The molecular formula is C11H8Cl2N2O2S2. The van der Waals surface area contributed by atoms with E-state index in [1.165, 1.54) is 11.8 Å². The molecule has 19 heavy (non-hydrogen) atoms. The molecule has 1 aliphatic rings. The van der Waals surface area contributed by atoms with E-state index in [4.69, 9.17) is 35.4 Å². The number of nitrogens with one attached hydrogen (secondary N) is 2. The zero-order chi connectivity index (χ0) is 14.0. The maximum absolute atomic E-state index is 11.8. The summed E-state index contributed by atoms with van der Waals surface area (Å²) in [6, 6.07) is 4.73. The lowest BCUT2D eigenvalue weighted by molar-refractivity contribution is -0.122. The standard InChI is InChI=1S/C11H8Cl2N2O2S2/c12-5-1-6(13)3-7(2-5)14-9(16)4-8-10(17)15-11(18)19-8/h1-3,8H,4H2,(H,14,16)(H,15,17,18)/t8-/m1/s1. The fraction of sp³-hybridized carbons (Fsp3) is 0.182. The van der Waals surface area contributed by atoms with Gasteiger partial charge in [0, 0.05) is 22.2 Å². The molecule has 0 radical (unpaired) electrons. The molecular weight excluding hydrogens is 327 g/mol. The smallest absolute Gasteiger partial charge is 0.239 e. The molecule has 2 amide bonds. The predicted octanol–water partition coefficient (Wildman–Crippen LogP) is 2.84. The van der Waals surface area contributed by atoms with Crippen LogP contribution in [0.15, 0.2) is 18.2 Å². The van der Waals surface area contributed by atoms with Crippen LogP contribution in [0.4, 0.5) is 5.69 Å². The number of carbonyl (C=O) groups excluding carboxylic acids is 2. The highest BCUT2D eigenvalue weighted by atomic mass is 35.5. The average Bonchev–Trinajstić information content (AvgIpc) is 2.55. The molecule has 1 saturated heterocycles. The van der Waals surface area contributed by atoms with Gasteiger partial charge in [0.2, 0.25) is 11.8 Å². The molecule has 1 aromatic rings. The first-order valence-corrected chi connectivity index (χ1v) is 7.26. The summed E-state index contributed by atoms with van der Waals surface area (Å²) in [6.07, 6.45) is 0.0424. The molecule has 100 valence electrons. The fourth-order valence-electron chi connectivity index (χ4n) is 1.53. The van der Waals surface area contributed by atoms with Crippen molar-refractivity contribution in [2.45, 2.75) is 11.7 Å². The van der Waals surface area contributed by atoms with E-state index in [0.717, 1.165) is 0 Å². The van der Waals surface area contributed by atoms with E-state index in [-0.39, 0.29) is 18.2 Å². The lowest BCUT2D eigenvalue weighted by Gasteiger charge is -2.08. The Balaban J connectivity index is 1.98. The quantitative estimate of drug-likeness (QED) is 0.834. The van der Waals surface area contributed by atoms with Crippen LogP contribution < -0.4 is 10.6 Å². The highest BCUT2D eigenvalue weighted by molar-refractivity contribution is 8.24. The number of halogens is 2. The minimum Gasteiger partial charge on any atom is -0.326 e. The SMILES string of the molecule is O=C(C[C@H]1SC(=S)NC1=O)Nc1cc(Cl)cc(Cl)c1. The number of carbonyl (C=O) groups is 2. The monoisotopic (exact) mass is 334 g/mol. The number of hydrogen-bond acceptors (Lipinski definition) is 4. The molecule has 0 aliphatic carbocycles. The summed E-state index contributed by atoms with van der Waals surface area (Å²) >= 11 is 17.7. The van der Waals surface area contributed by atoms with E-state index >= 15 is 0 Å². The largest absolute Gasteiger partial charge is 0.326 e. The van der Waals surface area contributed by atoms with Crippen molar-refractivity contribution in [1.82, 2.24) is 5.32 Å². The third-order valence-electron chi connectivity index (χ3n) is 2.28. The first-order valence-electron chi connectivity index (χ1n) is 5.21. The summed E-state index contributed by atoms with van der Waals surface area (Å²) in [5, 5.41) is 5.50. The number of amides is 2. The van der Waals surface area contributed by atoms with Crippen LogP contribution in [-0.2, 0) is 9.59 Å². The van der Waals surface area contributed by atoms with Crippen LogP contribution in [0.1, 0.15) is 6.42 Å². The first kappa shape index (κ1) is 14.6. The predicted molar refractivity (Wildman–Crippen MR) is 81.8 cm³/mol. The molecule has 0 spiro atoms. The minimum atomic E-state index is -0.484. The maximum Gasteiger partial charge on any atom is 0.239 e. The van der Waals surface area contributed by atoms with Gasteiger partial charge in [0.15, 0.2) is 0 Å². The maximum atomic E-state index is 11.8. The minimum absolute atomic E-state index is 0.0424. The third-order valence-corrected chi connectivity index (χ3v) is 4.09. The summed E-state index contributed by atoms with van der Waals surface area (Å²) in [6.45, 7) is 0. The summed E-state index contributed by atoms with van der Waals surface area (Å²) in [5.41, 5.74) is 0.494. The normalized spacial score (nSPS) is 18.3. The summed E-state index contributed by atoms with van der Waals surface area (Å²) in [5.74, 6) is -0.537. The van der Waals surface area contributed by atoms with E-state index < -0.39 is 5.25 Å². The molecule has 1 aliphatic heterocycles. The lowest BCUT2D eigenvalue weighted by Crippen LogP contribution is -2.27. The van der Waals surface area contributed by atoms with Gasteiger partial charge in [-0.15, -0.1) is 0 Å². The zero-order valence-electron chi connectivity index (χ0n) is 9.41. The number of anilines is 1. The number of benzene rings is 1. The number of rotatable bonds is 3. The molecule has 2 N–H and O–H groups in total. The van der Waals surface area contributed by atoms with Crippen molar-refractivity contribution in [3.05, 3.63) is 28.2 Å². The van der Waals surface area contributed by atoms with Crippen molar-refractivity contribution in [2.24, 2.45) is 0 Å². The van der Waals surface area contributed by atoms with Gasteiger partial charge in [0.1, 0.15) is 4.32 Å². The van der Waals surface area contributed by atoms with Crippen LogP contribution in [0.25, 0.3) is 0 Å². The summed E-state index contributed by atoms with van der Waals surface area (Å²) < 4.78 is 0.397. The van der Waals surface area contributed by atoms with E-state index in [1.54, 1.807) is 18.2 Å². The topological polar surface area (TPSA) is 58.2 Å². The molecule has 2 rings (SSSR count). The first-order chi connectivity index (χ1) is 8.94.